The van der Waals surface area contributed by atoms with Gasteiger partial charge in [-0.2, -0.15) is 0 Å². The van der Waals surface area contributed by atoms with Crippen LogP contribution in [0.25, 0.3) is 0 Å². The number of halogens is 1. The highest BCUT2D eigenvalue weighted by Crippen LogP contribution is 2.43. The van der Waals surface area contributed by atoms with Gasteiger partial charge in [-0.15, -0.1) is 35.3 Å². The van der Waals surface area contributed by atoms with E-state index in [-0.39, 0.29) is 24.0 Å². The number of nitrogens with zero attached hydrogens (tertiary/aromatic N) is 1. The molecule has 1 aromatic heterocycles. The smallest absolute Gasteiger partial charge is 0.191 e. The summed E-state index contributed by atoms with van der Waals surface area (Å²) in [7, 11) is 1.75. The van der Waals surface area contributed by atoms with Crippen LogP contribution in [0.3, 0.4) is 0 Å². The fraction of sp³-hybridized carbons (Fsp3) is 0.643. The normalized spacial score (nSPS) is 19.7. The summed E-state index contributed by atoms with van der Waals surface area (Å²) < 4.78 is 0. The predicted octanol–water partition coefficient (Wildman–Crippen LogP) is 2.54. The Hall–Kier alpha value is -0.340. The molecule has 0 bridgehead atoms. The maximum atomic E-state index is 10.4. The number of aliphatic imine (C=N–C) groups is 1. The number of rotatable bonds is 5. The van der Waals surface area contributed by atoms with E-state index in [1.165, 1.54) is 12.8 Å². The molecule has 3 N–H and O–H groups in total. The number of hydrogen-bond donors (Lipinski definition) is 3. The number of guanidine groups is 1. The third-order valence-corrected chi connectivity index (χ3v) is 4.78. The number of thiophene rings is 1. The SMILES string of the molecule is CN=C(NCC1(C)CC1)NCC(C)(O)c1cccs1.I. The van der Waals surface area contributed by atoms with E-state index in [0.717, 1.165) is 17.4 Å². The molecule has 1 fully saturated rings. The molecule has 1 aromatic rings. The van der Waals surface area contributed by atoms with Crippen molar-refractivity contribution in [1.82, 2.24) is 10.6 Å². The Bertz CT molecular complexity index is 441. The molecule has 0 aromatic carbocycles. The summed E-state index contributed by atoms with van der Waals surface area (Å²) in [4.78, 5) is 5.15. The van der Waals surface area contributed by atoms with Crippen molar-refractivity contribution in [3.8, 4) is 0 Å². The lowest BCUT2D eigenvalue weighted by Crippen LogP contribution is -2.45. The minimum Gasteiger partial charge on any atom is -0.383 e. The summed E-state index contributed by atoms with van der Waals surface area (Å²) in [6, 6.07) is 3.91. The van der Waals surface area contributed by atoms with Crippen molar-refractivity contribution in [3.63, 3.8) is 0 Å². The van der Waals surface area contributed by atoms with Gasteiger partial charge < -0.3 is 15.7 Å². The van der Waals surface area contributed by atoms with E-state index >= 15 is 0 Å². The average molecular weight is 409 g/mol. The Balaban J connectivity index is 0.00000200. The first-order valence-electron chi connectivity index (χ1n) is 6.66. The maximum absolute atomic E-state index is 10.4. The second kappa shape index (κ2) is 7.09. The monoisotopic (exact) mass is 409 g/mol. The molecule has 0 amide bonds. The molecule has 1 saturated carbocycles. The molecule has 4 nitrogen and oxygen atoms in total. The van der Waals surface area contributed by atoms with Crippen LogP contribution in [0.1, 0.15) is 31.6 Å². The van der Waals surface area contributed by atoms with Crippen LogP contribution in [0.2, 0.25) is 0 Å². The zero-order valence-electron chi connectivity index (χ0n) is 12.3. The van der Waals surface area contributed by atoms with Gasteiger partial charge in [-0.05, 0) is 36.6 Å². The summed E-state index contributed by atoms with van der Waals surface area (Å²) in [5, 5.41) is 18.9. The average Bonchev–Trinajstić information content (AvgIpc) is 2.90. The first kappa shape index (κ1) is 17.7. The maximum Gasteiger partial charge on any atom is 0.191 e. The highest BCUT2D eigenvalue weighted by atomic mass is 127. The van der Waals surface area contributed by atoms with E-state index in [4.69, 9.17) is 0 Å². The molecule has 1 aliphatic carbocycles. The number of nitrogens with one attached hydrogen (secondary N) is 2. The van der Waals surface area contributed by atoms with Gasteiger partial charge in [0.05, 0.1) is 6.54 Å². The molecule has 0 radical (unpaired) electrons. The number of hydrogen-bond acceptors (Lipinski definition) is 3. The summed E-state index contributed by atoms with van der Waals surface area (Å²) in [6.07, 6.45) is 2.56. The zero-order valence-corrected chi connectivity index (χ0v) is 15.4. The van der Waals surface area contributed by atoms with Crippen LogP contribution >= 0.6 is 35.3 Å². The highest BCUT2D eigenvalue weighted by molar-refractivity contribution is 14.0. The van der Waals surface area contributed by atoms with Crippen LogP contribution in [0.15, 0.2) is 22.5 Å². The van der Waals surface area contributed by atoms with Crippen molar-refractivity contribution < 1.29 is 5.11 Å². The fourth-order valence-electron chi connectivity index (χ4n) is 1.84. The molecule has 1 heterocycles. The summed E-state index contributed by atoms with van der Waals surface area (Å²) in [5.74, 6) is 0.755. The lowest BCUT2D eigenvalue weighted by Gasteiger charge is -2.24. The van der Waals surface area contributed by atoms with Gasteiger partial charge in [-0.3, -0.25) is 4.99 Å². The first-order chi connectivity index (χ1) is 8.95. The van der Waals surface area contributed by atoms with E-state index in [2.05, 4.69) is 22.5 Å². The predicted molar refractivity (Wildman–Crippen MR) is 96.0 cm³/mol. The van der Waals surface area contributed by atoms with Gasteiger partial charge in [0.2, 0.25) is 0 Å². The molecule has 20 heavy (non-hydrogen) atoms. The summed E-state index contributed by atoms with van der Waals surface area (Å²) >= 11 is 1.57. The molecule has 0 aliphatic heterocycles. The van der Waals surface area contributed by atoms with Gasteiger partial charge in [0.15, 0.2) is 5.96 Å². The van der Waals surface area contributed by atoms with E-state index < -0.39 is 5.60 Å². The van der Waals surface area contributed by atoms with Crippen molar-refractivity contribution in [3.05, 3.63) is 22.4 Å². The van der Waals surface area contributed by atoms with Crippen LogP contribution in [-0.2, 0) is 5.60 Å². The fourth-order valence-corrected chi connectivity index (χ4v) is 2.62. The van der Waals surface area contributed by atoms with Gasteiger partial charge >= 0.3 is 0 Å². The molecule has 2 rings (SSSR count). The molecule has 0 spiro atoms. The van der Waals surface area contributed by atoms with Crippen LogP contribution in [0.5, 0.6) is 0 Å². The van der Waals surface area contributed by atoms with Gasteiger partial charge in [0.1, 0.15) is 5.60 Å². The van der Waals surface area contributed by atoms with E-state index in [1.54, 1.807) is 18.4 Å². The minimum absolute atomic E-state index is 0. The van der Waals surface area contributed by atoms with Crippen molar-refractivity contribution in [2.75, 3.05) is 20.1 Å². The zero-order chi connectivity index (χ0) is 13.9. The van der Waals surface area contributed by atoms with Crippen molar-refractivity contribution in [2.45, 2.75) is 32.3 Å². The van der Waals surface area contributed by atoms with Crippen LogP contribution in [0, 0.1) is 5.41 Å². The second-order valence-corrected chi connectivity index (χ2v) is 6.79. The summed E-state index contributed by atoms with van der Waals surface area (Å²) in [6.45, 7) is 5.48. The quantitative estimate of drug-likeness (QED) is 0.398. The van der Waals surface area contributed by atoms with E-state index in [1.807, 2.05) is 24.4 Å². The molecule has 1 aliphatic rings. The van der Waals surface area contributed by atoms with Crippen LogP contribution < -0.4 is 10.6 Å². The molecule has 1 atom stereocenters. The second-order valence-electron chi connectivity index (χ2n) is 5.84. The van der Waals surface area contributed by atoms with Gasteiger partial charge in [0.25, 0.3) is 0 Å². The lowest BCUT2D eigenvalue weighted by molar-refractivity contribution is 0.0655. The molecule has 1 unspecified atom stereocenters. The molecule has 114 valence electrons. The minimum atomic E-state index is -0.866. The van der Waals surface area contributed by atoms with E-state index in [0.29, 0.717) is 12.0 Å². The first-order valence-corrected chi connectivity index (χ1v) is 7.54. The van der Waals surface area contributed by atoms with Gasteiger partial charge in [-0.25, -0.2) is 0 Å². The Morgan fingerprint density at radius 3 is 2.70 bits per heavy atom. The molecule has 6 heteroatoms. The Labute approximate surface area is 142 Å². The van der Waals surface area contributed by atoms with Crippen molar-refractivity contribution in [2.24, 2.45) is 10.4 Å². The van der Waals surface area contributed by atoms with Crippen molar-refractivity contribution >= 4 is 41.3 Å². The Morgan fingerprint density at radius 2 is 2.20 bits per heavy atom. The van der Waals surface area contributed by atoms with Crippen LogP contribution in [-0.4, -0.2) is 31.2 Å². The topological polar surface area (TPSA) is 56.7 Å². The Morgan fingerprint density at radius 1 is 1.50 bits per heavy atom. The number of aliphatic hydroxyl groups is 1. The van der Waals surface area contributed by atoms with Gasteiger partial charge in [-0.1, -0.05) is 13.0 Å². The largest absolute Gasteiger partial charge is 0.383 e. The van der Waals surface area contributed by atoms with E-state index in [9.17, 15) is 5.11 Å². The van der Waals surface area contributed by atoms with Crippen LogP contribution in [0.4, 0.5) is 0 Å². The lowest BCUT2D eigenvalue weighted by atomic mass is 10.1. The highest BCUT2D eigenvalue weighted by Gasteiger charge is 2.37. The third kappa shape index (κ3) is 4.89. The molecular weight excluding hydrogens is 385 g/mol. The van der Waals surface area contributed by atoms with Gasteiger partial charge in [0, 0.05) is 18.5 Å². The summed E-state index contributed by atoms with van der Waals surface area (Å²) in [5.41, 5.74) is -0.427. The molecule has 0 saturated heterocycles. The van der Waals surface area contributed by atoms with Crippen molar-refractivity contribution in [1.29, 1.82) is 0 Å². The molecular formula is C14H24IN3OS. The Kier molecular flexibility index (Phi) is 6.27. The third-order valence-electron chi connectivity index (χ3n) is 3.66. The standard InChI is InChI=1S/C14H23N3OS.HI/c1-13(6-7-13)9-16-12(15-3)17-10-14(2,18)11-5-4-8-19-11;/h4-5,8,18H,6-7,9-10H2,1-3H3,(H2,15,16,17);1H.